The van der Waals surface area contributed by atoms with Crippen molar-refractivity contribution in [1.29, 1.82) is 0 Å². The second kappa shape index (κ2) is 11.7. The Hall–Kier alpha value is -1.35. The quantitative estimate of drug-likeness (QED) is 0.349. The fraction of sp³-hybridized carbons (Fsp3) is 0.636. The van der Waals surface area contributed by atoms with E-state index in [2.05, 4.69) is 58.9 Å². The standard InChI is InChI=1S/C22H35N5O.HI/c1-23-22(24-15-20(26(2)3)17-9-5-4-6-10-17)25-19-13-14-27(16-19)21(28)18-11-7-8-12-18;/h4-6,9-10,18-20H,7-8,11-16H2,1-3H3,(H2,23,24,25);1H. The van der Waals surface area contributed by atoms with Gasteiger partial charge in [0, 0.05) is 38.6 Å². The molecule has 1 aliphatic heterocycles. The van der Waals surface area contributed by atoms with Crippen molar-refractivity contribution in [3.8, 4) is 0 Å². The van der Waals surface area contributed by atoms with Crippen LogP contribution in [0, 0.1) is 5.92 Å². The topological polar surface area (TPSA) is 60.0 Å². The molecule has 2 aliphatic rings. The number of likely N-dealkylation sites (N-methyl/N-ethyl adjacent to an activating group) is 1. The number of carbonyl (C=O) groups excluding carboxylic acids is 1. The van der Waals surface area contributed by atoms with E-state index in [-0.39, 0.29) is 42.0 Å². The van der Waals surface area contributed by atoms with Crippen molar-refractivity contribution in [2.45, 2.75) is 44.2 Å². The smallest absolute Gasteiger partial charge is 0.225 e. The van der Waals surface area contributed by atoms with Crippen molar-refractivity contribution < 1.29 is 4.79 Å². The molecule has 1 saturated carbocycles. The molecule has 1 aliphatic carbocycles. The maximum Gasteiger partial charge on any atom is 0.225 e. The molecular formula is C22H36IN5O. The summed E-state index contributed by atoms with van der Waals surface area (Å²) in [4.78, 5) is 21.3. The Labute approximate surface area is 192 Å². The van der Waals surface area contributed by atoms with Gasteiger partial charge in [0.1, 0.15) is 0 Å². The Bertz CT molecular complexity index is 660. The molecule has 162 valence electrons. The molecule has 3 rings (SSSR count). The number of guanidine groups is 1. The Morgan fingerprint density at radius 2 is 1.90 bits per heavy atom. The lowest BCUT2D eigenvalue weighted by atomic mass is 10.1. The van der Waals surface area contributed by atoms with Crippen molar-refractivity contribution in [3.05, 3.63) is 35.9 Å². The number of aliphatic imine (C=N–C) groups is 1. The number of halogens is 1. The van der Waals surface area contributed by atoms with Gasteiger partial charge in [-0.1, -0.05) is 43.2 Å². The molecule has 29 heavy (non-hydrogen) atoms. The SMILES string of the molecule is CN=C(NCC(c1ccccc1)N(C)C)NC1CCN(C(=O)C2CCCC2)C1.I. The molecule has 0 aromatic heterocycles. The van der Waals surface area contributed by atoms with Gasteiger partial charge in [0.2, 0.25) is 5.91 Å². The summed E-state index contributed by atoms with van der Waals surface area (Å²) in [5, 5.41) is 6.98. The van der Waals surface area contributed by atoms with E-state index in [4.69, 9.17) is 0 Å². The maximum absolute atomic E-state index is 12.6. The van der Waals surface area contributed by atoms with Crippen LogP contribution in [0.3, 0.4) is 0 Å². The van der Waals surface area contributed by atoms with E-state index in [1.165, 1.54) is 18.4 Å². The first-order chi connectivity index (χ1) is 13.6. The minimum Gasteiger partial charge on any atom is -0.354 e. The number of nitrogens with one attached hydrogen (secondary N) is 2. The Morgan fingerprint density at radius 3 is 2.52 bits per heavy atom. The summed E-state index contributed by atoms with van der Waals surface area (Å²) in [5.41, 5.74) is 1.28. The summed E-state index contributed by atoms with van der Waals surface area (Å²) < 4.78 is 0. The first-order valence-corrected chi connectivity index (χ1v) is 10.6. The van der Waals surface area contributed by atoms with E-state index >= 15 is 0 Å². The number of benzene rings is 1. The summed E-state index contributed by atoms with van der Waals surface area (Å²) in [5.74, 6) is 1.44. The van der Waals surface area contributed by atoms with Crippen LogP contribution in [0.5, 0.6) is 0 Å². The van der Waals surface area contributed by atoms with E-state index in [1.54, 1.807) is 7.05 Å². The van der Waals surface area contributed by atoms with Gasteiger partial charge in [-0.25, -0.2) is 0 Å². The Balaban J connectivity index is 0.00000300. The molecule has 2 N–H and O–H groups in total. The Morgan fingerprint density at radius 1 is 1.21 bits per heavy atom. The lowest BCUT2D eigenvalue weighted by Gasteiger charge is -2.27. The number of amides is 1. The average Bonchev–Trinajstić information content (AvgIpc) is 3.39. The zero-order chi connectivity index (χ0) is 19.9. The molecule has 1 aromatic carbocycles. The third-order valence-corrected chi connectivity index (χ3v) is 6.04. The highest BCUT2D eigenvalue weighted by Gasteiger charge is 2.32. The van der Waals surface area contributed by atoms with Crippen LogP contribution in [0.15, 0.2) is 35.3 Å². The summed E-state index contributed by atoms with van der Waals surface area (Å²) in [6.07, 6.45) is 5.53. The third-order valence-electron chi connectivity index (χ3n) is 6.04. The van der Waals surface area contributed by atoms with Gasteiger partial charge in [-0.05, 0) is 38.9 Å². The van der Waals surface area contributed by atoms with Gasteiger partial charge >= 0.3 is 0 Å². The van der Waals surface area contributed by atoms with Crippen LogP contribution < -0.4 is 10.6 Å². The highest BCUT2D eigenvalue weighted by atomic mass is 127. The van der Waals surface area contributed by atoms with Crippen molar-refractivity contribution in [3.63, 3.8) is 0 Å². The van der Waals surface area contributed by atoms with Crippen LogP contribution in [0.1, 0.15) is 43.7 Å². The molecular weight excluding hydrogens is 477 g/mol. The highest BCUT2D eigenvalue weighted by molar-refractivity contribution is 14.0. The van der Waals surface area contributed by atoms with Gasteiger partial charge in [0.05, 0.1) is 6.04 Å². The van der Waals surface area contributed by atoms with E-state index in [0.717, 1.165) is 44.9 Å². The molecule has 1 heterocycles. The molecule has 1 aromatic rings. The number of hydrogen-bond acceptors (Lipinski definition) is 3. The van der Waals surface area contributed by atoms with Gasteiger partial charge in [-0.2, -0.15) is 0 Å². The fourth-order valence-electron chi connectivity index (χ4n) is 4.36. The van der Waals surface area contributed by atoms with Crippen LogP contribution in [-0.4, -0.2) is 68.5 Å². The lowest BCUT2D eigenvalue weighted by Crippen LogP contribution is -2.47. The van der Waals surface area contributed by atoms with Gasteiger partial charge in [-0.3, -0.25) is 9.79 Å². The van der Waals surface area contributed by atoms with Crippen LogP contribution in [0.2, 0.25) is 0 Å². The van der Waals surface area contributed by atoms with Crippen LogP contribution in [0.4, 0.5) is 0 Å². The van der Waals surface area contributed by atoms with E-state index < -0.39 is 0 Å². The molecule has 2 fully saturated rings. The molecule has 7 heteroatoms. The van der Waals surface area contributed by atoms with Crippen molar-refractivity contribution in [2.24, 2.45) is 10.9 Å². The number of hydrogen-bond donors (Lipinski definition) is 2. The molecule has 0 radical (unpaired) electrons. The lowest BCUT2D eigenvalue weighted by molar-refractivity contribution is -0.134. The summed E-state index contributed by atoms with van der Waals surface area (Å²) >= 11 is 0. The molecule has 2 atom stereocenters. The van der Waals surface area contributed by atoms with Gasteiger partial charge in [-0.15, -0.1) is 24.0 Å². The van der Waals surface area contributed by atoms with E-state index in [1.807, 2.05) is 11.0 Å². The number of nitrogens with zero attached hydrogens (tertiary/aromatic N) is 3. The number of carbonyl (C=O) groups is 1. The normalized spacial score (nSPS) is 21.2. The summed E-state index contributed by atoms with van der Waals surface area (Å²) in [7, 11) is 6.00. The van der Waals surface area contributed by atoms with Crippen molar-refractivity contribution in [2.75, 3.05) is 40.8 Å². The monoisotopic (exact) mass is 513 g/mol. The Kier molecular flexibility index (Phi) is 9.68. The van der Waals surface area contributed by atoms with E-state index in [0.29, 0.717) is 5.91 Å². The maximum atomic E-state index is 12.6. The largest absolute Gasteiger partial charge is 0.354 e. The minimum atomic E-state index is 0. The van der Waals surface area contributed by atoms with Crippen molar-refractivity contribution in [1.82, 2.24) is 20.4 Å². The first kappa shape index (κ1) is 23.9. The minimum absolute atomic E-state index is 0. The van der Waals surface area contributed by atoms with Crippen molar-refractivity contribution >= 4 is 35.8 Å². The molecule has 0 bridgehead atoms. The van der Waals surface area contributed by atoms with Gasteiger partial charge in [0.25, 0.3) is 0 Å². The molecule has 1 amide bonds. The second-order valence-corrected chi connectivity index (χ2v) is 8.24. The molecule has 1 saturated heterocycles. The van der Waals surface area contributed by atoms with E-state index in [9.17, 15) is 4.79 Å². The van der Waals surface area contributed by atoms with Gasteiger partial charge in [0.15, 0.2) is 5.96 Å². The molecule has 6 nitrogen and oxygen atoms in total. The van der Waals surface area contributed by atoms with Gasteiger partial charge < -0.3 is 20.4 Å². The average molecular weight is 513 g/mol. The zero-order valence-corrected chi connectivity index (χ0v) is 20.3. The van der Waals surface area contributed by atoms with Crippen LogP contribution in [0.25, 0.3) is 0 Å². The zero-order valence-electron chi connectivity index (χ0n) is 17.9. The molecule has 2 unspecified atom stereocenters. The first-order valence-electron chi connectivity index (χ1n) is 10.6. The summed E-state index contributed by atoms with van der Waals surface area (Å²) in [6, 6.07) is 11.1. The second-order valence-electron chi connectivity index (χ2n) is 8.24. The van der Waals surface area contributed by atoms with Crippen LogP contribution >= 0.6 is 24.0 Å². The highest BCUT2D eigenvalue weighted by Crippen LogP contribution is 2.27. The summed E-state index contributed by atoms with van der Waals surface area (Å²) in [6.45, 7) is 2.41. The third kappa shape index (κ3) is 6.57. The number of rotatable bonds is 6. The predicted molar refractivity (Wildman–Crippen MR) is 130 cm³/mol. The predicted octanol–water partition coefficient (Wildman–Crippen LogP) is 2.86. The number of likely N-dealkylation sites (tertiary alicyclic amines) is 1. The molecule has 0 spiro atoms. The van der Waals surface area contributed by atoms with Crippen LogP contribution in [-0.2, 0) is 4.79 Å². The fourth-order valence-corrected chi connectivity index (χ4v) is 4.36.